The second-order valence-corrected chi connectivity index (χ2v) is 14.6. The third-order valence-corrected chi connectivity index (χ3v) is 9.38. The van der Waals surface area contributed by atoms with Crippen LogP contribution in [0.5, 0.6) is 28.7 Å². The highest BCUT2D eigenvalue weighted by molar-refractivity contribution is 7.91. The minimum absolute atomic E-state index is 0. The van der Waals surface area contributed by atoms with Crippen molar-refractivity contribution in [2.45, 2.75) is 23.6 Å². The third-order valence-electron chi connectivity index (χ3n) is 7.12. The molecule has 6 rings (SSSR count). The van der Waals surface area contributed by atoms with Gasteiger partial charge in [-0.05, 0) is 66.7 Å². The number of carbonyl (C=O) groups is 2. The predicted octanol–water partition coefficient (Wildman–Crippen LogP) is 6.66. The molecule has 49 heavy (non-hydrogen) atoms. The summed E-state index contributed by atoms with van der Waals surface area (Å²) < 4.78 is 77.7. The van der Waals surface area contributed by atoms with E-state index in [1.165, 1.54) is 44.7 Å². The normalized spacial score (nSPS) is 12.0. The van der Waals surface area contributed by atoms with Crippen molar-refractivity contribution in [2.75, 3.05) is 33.3 Å². The Morgan fingerprint density at radius 3 is 1.65 bits per heavy atom. The first kappa shape index (κ1) is 36.5. The number of furan rings is 1. The molecule has 0 fully saturated rings. The van der Waals surface area contributed by atoms with Crippen molar-refractivity contribution in [3.8, 4) is 28.7 Å². The van der Waals surface area contributed by atoms with E-state index >= 15 is 0 Å². The van der Waals surface area contributed by atoms with Gasteiger partial charge in [0.25, 0.3) is 0 Å². The minimum atomic E-state index is -3.27. The Balaban J connectivity index is 0.000000216. The number of hydrogen-bond acceptors (Lipinski definition) is 12. The quantitative estimate of drug-likeness (QED) is 0.158. The number of fused-ring (bicyclic) bond motifs is 2. The summed E-state index contributed by atoms with van der Waals surface area (Å²) in [4.78, 5) is 24.2. The van der Waals surface area contributed by atoms with Crippen molar-refractivity contribution >= 4 is 42.6 Å². The molecule has 0 saturated heterocycles. The number of sulfone groups is 2. The molecule has 0 aliphatic carbocycles. The zero-order chi connectivity index (χ0) is 34.6. The molecule has 0 spiro atoms. The Kier molecular flexibility index (Phi) is 11.0. The molecule has 258 valence electrons. The number of ether oxygens (including phenoxy) is 5. The van der Waals surface area contributed by atoms with Crippen LogP contribution in [0.1, 0.15) is 33.7 Å². The number of methoxy groups -OCH3 is 2. The molecular weight excluding hydrogens is 677 g/mol. The molecule has 1 aromatic heterocycles. The standard InChI is InChI=1S/C17H16O6S.C17H14O6S.CH4/c2*1-21-17(18)15-9-12(10-16-14(15)7-8-22-16)23-11-3-5-13(6-4-11)24(2,19)20;/h3-6,9-10H,7-8H2,1-2H3;3-10H,1-2H3;1H4. The van der Waals surface area contributed by atoms with Crippen molar-refractivity contribution in [1.82, 2.24) is 0 Å². The zero-order valence-corrected chi connectivity index (χ0v) is 27.8. The monoisotopic (exact) mass is 710 g/mol. The summed E-state index contributed by atoms with van der Waals surface area (Å²) in [6, 6.07) is 20.2. The van der Waals surface area contributed by atoms with Gasteiger partial charge in [0.15, 0.2) is 19.7 Å². The van der Waals surface area contributed by atoms with Gasteiger partial charge >= 0.3 is 11.9 Å². The lowest BCUT2D eigenvalue weighted by Crippen LogP contribution is -2.05. The van der Waals surface area contributed by atoms with Crippen molar-refractivity contribution < 1.29 is 54.5 Å². The maximum Gasteiger partial charge on any atom is 0.338 e. The average molecular weight is 711 g/mol. The Morgan fingerprint density at radius 1 is 0.653 bits per heavy atom. The van der Waals surface area contributed by atoms with E-state index < -0.39 is 31.6 Å². The van der Waals surface area contributed by atoms with E-state index in [1.54, 1.807) is 54.6 Å². The van der Waals surface area contributed by atoms with E-state index in [0.29, 0.717) is 63.9 Å². The van der Waals surface area contributed by atoms with Crippen molar-refractivity contribution in [3.63, 3.8) is 0 Å². The van der Waals surface area contributed by atoms with Gasteiger partial charge < -0.3 is 28.1 Å². The number of hydrogen-bond donors (Lipinski definition) is 0. The molecule has 0 bridgehead atoms. The zero-order valence-electron chi connectivity index (χ0n) is 26.2. The third kappa shape index (κ3) is 8.58. The lowest BCUT2D eigenvalue weighted by Gasteiger charge is -2.11. The van der Waals surface area contributed by atoms with Crippen LogP contribution < -0.4 is 14.2 Å². The Labute approximate surface area is 284 Å². The fourth-order valence-electron chi connectivity index (χ4n) is 4.79. The van der Waals surface area contributed by atoms with E-state index in [1.807, 2.05) is 0 Å². The smallest absolute Gasteiger partial charge is 0.338 e. The molecule has 5 aromatic rings. The average Bonchev–Trinajstić information content (AvgIpc) is 3.73. The van der Waals surface area contributed by atoms with E-state index in [-0.39, 0.29) is 17.2 Å². The summed E-state index contributed by atoms with van der Waals surface area (Å²) in [5.41, 5.74) is 2.03. The lowest BCUT2D eigenvalue weighted by atomic mass is 10.0. The van der Waals surface area contributed by atoms with Crippen LogP contribution in [0, 0.1) is 0 Å². The van der Waals surface area contributed by atoms with E-state index in [9.17, 15) is 26.4 Å². The van der Waals surface area contributed by atoms with Crippen LogP contribution in [0.4, 0.5) is 0 Å². The molecule has 0 N–H and O–H groups in total. The highest BCUT2D eigenvalue weighted by atomic mass is 32.2. The fourth-order valence-corrected chi connectivity index (χ4v) is 6.05. The molecule has 14 heteroatoms. The van der Waals surface area contributed by atoms with Crippen molar-refractivity contribution in [1.29, 1.82) is 0 Å². The topological polar surface area (TPSA) is 162 Å². The van der Waals surface area contributed by atoms with Gasteiger partial charge in [0.1, 0.15) is 34.3 Å². The van der Waals surface area contributed by atoms with Crippen LogP contribution in [0.2, 0.25) is 0 Å². The summed E-state index contributed by atoms with van der Waals surface area (Å²) in [6.45, 7) is 0.506. The Hall–Kier alpha value is -5.34. The number of carbonyl (C=O) groups excluding carboxylic acids is 2. The van der Waals surface area contributed by atoms with Gasteiger partial charge in [0, 0.05) is 42.0 Å². The molecule has 0 radical (unpaired) electrons. The summed E-state index contributed by atoms with van der Waals surface area (Å²) in [6.07, 6.45) is 4.39. The van der Waals surface area contributed by atoms with E-state index in [2.05, 4.69) is 0 Å². The van der Waals surface area contributed by atoms with Gasteiger partial charge in [-0.3, -0.25) is 0 Å². The minimum Gasteiger partial charge on any atom is -0.493 e. The molecule has 1 aliphatic heterocycles. The summed E-state index contributed by atoms with van der Waals surface area (Å²) >= 11 is 0. The van der Waals surface area contributed by atoms with Gasteiger partial charge in [-0.15, -0.1) is 0 Å². The van der Waals surface area contributed by atoms with E-state index in [0.717, 1.165) is 18.1 Å². The van der Waals surface area contributed by atoms with Gasteiger partial charge in [0.05, 0.1) is 48.0 Å². The second-order valence-electron chi connectivity index (χ2n) is 10.5. The van der Waals surface area contributed by atoms with Crippen LogP contribution in [-0.2, 0) is 35.6 Å². The largest absolute Gasteiger partial charge is 0.493 e. The van der Waals surface area contributed by atoms with Crippen LogP contribution in [-0.4, -0.2) is 62.1 Å². The molecular formula is C35H34O12S2. The summed E-state index contributed by atoms with van der Waals surface area (Å²) in [5.74, 6) is 1.34. The van der Waals surface area contributed by atoms with Crippen molar-refractivity contribution in [3.05, 3.63) is 102 Å². The van der Waals surface area contributed by atoms with Crippen LogP contribution in [0.15, 0.2) is 99.3 Å². The molecule has 0 amide bonds. The van der Waals surface area contributed by atoms with Gasteiger partial charge in [-0.25, -0.2) is 26.4 Å². The summed E-state index contributed by atoms with van der Waals surface area (Å²) in [7, 11) is -3.91. The highest BCUT2D eigenvalue weighted by Crippen LogP contribution is 2.36. The highest BCUT2D eigenvalue weighted by Gasteiger charge is 2.23. The van der Waals surface area contributed by atoms with Gasteiger partial charge in [0.2, 0.25) is 0 Å². The first-order chi connectivity index (χ1) is 22.8. The molecule has 1 aliphatic rings. The molecule has 4 aromatic carbocycles. The SMILES string of the molecule is C.COC(=O)c1cc(Oc2ccc(S(C)(=O)=O)cc2)cc2c1CCO2.COC(=O)c1cc(Oc2ccc(S(C)(=O)=O)cc2)cc2occc12. The second kappa shape index (κ2) is 14.8. The Bertz CT molecular complexity index is 2200. The fraction of sp³-hybridized carbons (Fsp3) is 0.200. The first-order valence-electron chi connectivity index (χ1n) is 14.2. The van der Waals surface area contributed by atoms with Gasteiger partial charge in [-0.1, -0.05) is 7.43 Å². The van der Waals surface area contributed by atoms with Crippen molar-refractivity contribution in [2.24, 2.45) is 0 Å². The van der Waals surface area contributed by atoms with E-state index in [4.69, 9.17) is 28.1 Å². The first-order valence-corrected chi connectivity index (χ1v) is 18.0. The van der Waals surface area contributed by atoms with Crippen LogP contribution in [0.25, 0.3) is 11.0 Å². The van der Waals surface area contributed by atoms with Crippen LogP contribution in [0.3, 0.4) is 0 Å². The number of rotatable bonds is 8. The van der Waals surface area contributed by atoms with Crippen LogP contribution >= 0.6 is 0 Å². The molecule has 0 unspecified atom stereocenters. The number of benzene rings is 4. The predicted molar refractivity (Wildman–Crippen MR) is 181 cm³/mol. The Morgan fingerprint density at radius 2 is 1.14 bits per heavy atom. The maximum absolute atomic E-state index is 11.9. The maximum atomic E-state index is 11.9. The number of esters is 2. The summed E-state index contributed by atoms with van der Waals surface area (Å²) in [5, 5.41) is 0.627. The molecule has 12 nitrogen and oxygen atoms in total. The molecule has 0 atom stereocenters. The van der Waals surface area contributed by atoms with Gasteiger partial charge in [-0.2, -0.15) is 0 Å². The molecule has 0 saturated carbocycles. The lowest BCUT2D eigenvalue weighted by molar-refractivity contribution is 0.0592. The molecule has 2 heterocycles.